The first-order valence-electron chi connectivity index (χ1n) is 7.02. The van der Waals surface area contributed by atoms with E-state index in [2.05, 4.69) is 4.74 Å². The molecule has 0 aliphatic heterocycles. The number of hydrogen-bond acceptors (Lipinski definition) is 3. The van der Waals surface area contributed by atoms with Gasteiger partial charge in [0.2, 0.25) is 0 Å². The van der Waals surface area contributed by atoms with Crippen LogP contribution in [0.1, 0.15) is 43.6 Å². The lowest BCUT2D eigenvalue weighted by Gasteiger charge is -2.37. The summed E-state index contributed by atoms with van der Waals surface area (Å²) >= 11 is 0. The molecule has 1 atom stereocenters. The van der Waals surface area contributed by atoms with Gasteiger partial charge in [-0.25, -0.2) is 0 Å². The predicted octanol–water partition coefficient (Wildman–Crippen LogP) is 3.45. The number of carbonyl (C=O) groups is 1. The summed E-state index contributed by atoms with van der Waals surface area (Å²) in [4.78, 5) is 11.6. The molecule has 0 radical (unpaired) electrons. The first kappa shape index (κ1) is 16.6. The van der Waals surface area contributed by atoms with Crippen molar-refractivity contribution in [3.8, 4) is 5.75 Å². The summed E-state index contributed by atoms with van der Waals surface area (Å²) < 4.78 is 40.6. The largest absolute Gasteiger partial charge is 0.573 e. The van der Waals surface area contributed by atoms with E-state index in [1.807, 2.05) is 0 Å². The van der Waals surface area contributed by atoms with Crippen LogP contribution in [-0.2, 0) is 4.79 Å². The van der Waals surface area contributed by atoms with E-state index in [-0.39, 0.29) is 5.56 Å². The highest BCUT2D eigenvalue weighted by atomic mass is 19.4. The van der Waals surface area contributed by atoms with E-state index >= 15 is 0 Å². The van der Waals surface area contributed by atoms with Gasteiger partial charge in [0.1, 0.15) is 11.7 Å². The van der Waals surface area contributed by atoms with Crippen LogP contribution in [-0.4, -0.2) is 28.1 Å². The van der Waals surface area contributed by atoms with Crippen LogP contribution < -0.4 is 4.74 Å². The minimum atomic E-state index is -4.85. The van der Waals surface area contributed by atoms with Crippen molar-refractivity contribution >= 4 is 5.97 Å². The molecule has 2 N–H and O–H groups in total. The number of carboxylic acids is 1. The van der Waals surface area contributed by atoms with Crippen LogP contribution in [0.15, 0.2) is 24.3 Å². The topological polar surface area (TPSA) is 66.8 Å². The van der Waals surface area contributed by atoms with E-state index in [4.69, 9.17) is 0 Å². The van der Waals surface area contributed by atoms with E-state index in [1.54, 1.807) is 0 Å². The number of ether oxygens (including phenoxy) is 1. The molecule has 2 rings (SSSR count). The van der Waals surface area contributed by atoms with Crippen LogP contribution in [0.2, 0.25) is 0 Å². The van der Waals surface area contributed by atoms with Crippen molar-refractivity contribution in [2.45, 2.75) is 50.0 Å². The Bertz CT molecular complexity index is 536. The van der Waals surface area contributed by atoms with Gasteiger partial charge in [-0.1, -0.05) is 31.4 Å². The minimum Gasteiger partial charge on any atom is -0.481 e. The average Bonchev–Trinajstić information content (AvgIpc) is 2.37. The highest BCUT2D eigenvalue weighted by Crippen LogP contribution is 2.41. The number of halogens is 3. The fourth-order valence-corrected chi connectivity index (χ4v) is 3.03. The molecule has 0 bridgehead atoms. The van der Waals surface area contributed by atoms with Crippen LogP contribution in [0.4, 0.5) is 13.2 Å². The summed E-state index contributed by atoms with van der Waals surface area (Å²) in [6, 6.07) is 4.81. The third-order valence-electron chi connectivity index (χ3n) is 3.93. The molecule has 0 unspecified atom stereocenters. The van der Waals surface area contributed by atoms with Gasteiger partial charge >= 0.3 is 12.3 Å². The predicted molar refractivity (Wildman–Crippen MR) is 71.5 cm³/mol. The van der Waals surface area contributed by atoms with E-state index in [9.17, 15) is 28.2 Å². The second-order valence-electron chi connectivity index (χ2n) is 5.56. The molecule has 0 amide bonds. The van der Waals surface area contributed by atoms with Crippen molar-refractivity contribution in [3.63, 3.8) is 0 Å². The van der Waals surface area contributed by atoms with Crippen molar-refractivity contribution in [1.82, 2.24) is 0 Å². The third kappa shape index (κ3) is 3.91. The van der Waals surface area contributed by atoms with Gasteiger partial charge in [0.25, 0.3) is 0 Å². The lowest BCUT2D eigenvalue weighted by Crippen LogP contribution is -2.42. The van der Waals surface area contributed by atoms with Crippen molar-refractivity contribution in [1.29, 1.82) is 0 Å². The molecule has 1 aliphatic carbocycles. The smallest absolute Gasteiger partial charge is 0.481 e. The van der Waals surface area contributed by atoms with Gasteiger partial charge in [-0.2, -0.15) is 0 Å². The fraction of sp³-hybridized carbons (Fsp3) is 0.533. The summed E-state index contributed by atoms with van der Waals surface area (Å²) in [6.45, 7) is 0. The lowest BCUT2D eigenvalue weighted by molar-refractivity contribution is -0.274. The molecule has 1 aromatic rings. The van der Waals surface area contributed by atoms with Crippen molar-refractivity contribution in [2.75, 3.05) is 0 Å². The molecule has 122 valence electrons. The zero-order valence-corrected chi connectivity index (χ0v) is 11.8. The monoisotopic (exact) mass is 318 g/mol. The first-order valence-corrected chi connectivity index (χ1v) is 7.02. The Balaban J connectivity index is 2.33. The Hall–Kier alpha value is -1.76. The molecule has 22 heavy (non-hydrogen) atoms. The standard InChI is InChI=1S/C15H17F3O4/c16-15(17,18)22-11-6-4-5-10(9-11)12(13(19)20)14(21)7-2-1-3-8-14/h4-6,9,12,21H,1-3,7-8H2,(H,19,20)/t12-/m0/s1. The number of aliphatic hydroxyl groups is 1. The fourth-order valence-electron chi connectivity index (χ4n) is 3.03. The van der Waals surface area contributed by atoms with Crippen molar-refractivity contribution in [3.05, 3.63) is 29.8 Å². The van der Waals surface area contributed by atoms with Gasteiger partial charge in [0, 0.05) is 0 Å². The molecule has 1 saturated carbocycles. The highest BCUT2D eigenvalue weighted by Gasteiger charge is 2.43. The Morgan fingerprint density at radius 3 is 2.41 bits per heavy atom. The first-order chi connectivity index (χ1) is 10.2. The van der Waals surface area contributed by atoms with E-state index in [0.29, 0.717) is 25.7 Å². The molecule has 1 aromatic carbocycles. The third-order valence-corrected chi connectivity index (χ3v) is 3.93. The van der Waals surface area contributed by atoms with Crippen LogP contribution >= 0.6 is 0 Å². The van der Waals surface area contributed by atoms with Crippen LogP contribution in [0, 0.1) is 0 Å². The molecule has 1 aliphatic rings. The van der Waals surface area contributed by atoms with Crippen LogP contribution in [0.25, 0.3) is 0 Å². The average molecular weight is 318 g/mol. The number of carboxylic acid groups (broad SMARTS) is 1. The summed E-state index contributed by atoms with van der Waals surface area (Å²) in [5.74, 6) is -3.02. The molecular weight excluding hydrogens is 301 g/mol. The molecule has 0 spiro atoms. The quantitative estimate of drug-likeness (QED) is 0.892. The Morgan fingerprint density at radius 1 is 1.23 bits per heavy atom. The minimum absolute atomic E-state index is 0.110. The lowest BCUT2D eigenvalue weighted by atomic mass is 9.73. The van der Waals surface area contributed by atoms with Crippen LogP contribution in [0.5, 0.6) is 5.75 Å². The van der Waals surface area contributed by atoms with E-state index in [0.717, 1.165) is 18.6 Å². The molecule has 1 fully saturated rings. The van der Waals surface area contributed by atoms with Gasteiger partial charge in [0.15, 0.2) is 0 Å². The molecule has 7 heteroatoms. The van der Waals surface area contributed by atoms with Crippen LogP contribution in [0.3, 0.4) is 0 Å². The van der Waals surface area contributed by atoms with Crippen molar-refractivity contribution in [2.24, 2.45) is 0 Å². The number of alkyl halides is 3. The molecule has 4 nitrogen and oxygen atoms in total. The Morgan fingerprint density at radius 2 is 1.86 bits per heavy atom. The second kappa shape index (κ2) is 6.16. The maximum absolute atomic E-state index is 12.3. The maximum Gasteiger partial charge on any atom is 0.573 e. The zero-order chi connectivity index (χ0) is 16.4. The van der Waals surface area contributed by atoms with Gasteiger partial charge < -0.3 is 14.9 Å². The molecule has 0 heterocycles. The molecule has 0 saturated heterocycles. The number of rotatable bonds is 4. The van der Waals surface area contributed by atoms with Crippen molar-refractivity contribution < 1.29 is 32.9 Å². The van der Waals surface area contributed by atoms with E-state index < -0.39 is 29.6 Å². The van der Waals surface area contributed by atoms with Gasteiger partial charge in [-0.15, -0.1) is 13.2 Å². The normalized spacial score (nSPS) is 19.5. The Labute approximate surface area is 125 Å². The Kier molecular flexibility index (Phi) is 4.65. The molecule has 0 aromatic heterocycles. The highest BCUT2D eigenvalue weighted by molar-refractivity contribution is 5.78. The summed E-state index contributed by atoms with van der Waals surface area (Å²) in [5.41, 5.74) is -1.33. The summed E-state index contributed by atoms with van der Waals surface area (Å²) in [5, 5.41) is 20.1. The number of hydrogen-bond donors (Lipinski definition) is 2. The van der Waals surface area contributed by atoms with Gasteiger partial charge in [-0.3, -0.25) is 4.79 Å². The van der Waals surface area contributed by atoms with Gasteiger partial charge in [0.05, 0.1) is 5.60 Å². The van der Waals surface area contributed by atoms with Gasteiger partial charge in [-0.05, 0) is 30.5 Å². The maximum atomic E-state index is 12.3. The zero-order valence-electron chi connectivity index (χ0n) is 11.8. The summed E-state index contributed by atoms with van der Waals surface area (Å²) in [6.07, 6.45) is -1.92. The SMILES string of the molecule is O=C(O)[C@H](c1cccc(OC(F)(F)F)c1)C1(O)CCCCC1. The van der Waals surface area contributed by atoms with E-state index in [1.165, 1.54) is 12.1 Å². The summed E-state index contributed by atoms with van der Waals surface area (Å²) in [7, 11) is 0. The number of aliphatic carboxylic acids is 1. The second-order valence-corrected chi connectivity index (χ2v) is 5.56. The molecular formula is C15H17F3O4. The number of benzene rings is 1.